The Labute approximate surface area is 214 Å². The Bertz CT molecular complexity index is 999. The van der Waals surface area contributed by atoms with E-state index in [1.165, 1.54) is 52.7 Å². The monoisotopic (exact) mass is 540 g/mol. The van der Waals surface area contributed by atoms with Crippen molar-refractivity contribution in [2.75, 3.05) is 12.9 Å². The molecule has 1 aromatic rings. The summed E-state index contributed by atoms with van der Waals surface area (Å²) in [6.45, 7) is 11.1. The number of nitrogens with zero attached hydrogens (tertiary/aromatic N) is 2. The van der Waals surface area contributed by atoms with E-state index < -0.39 is 29.3 Å². The number of carbonyl (C=O) groups excluding carboxylic acids is 3. The van der Waals surface area contributed by atoms with Gasteiger partial charge in [-0.1, -0.05) is 20.8 Å². The van der Waals surface area contributed by atoms with Crippen LogP contribution in [0, 0.1) is 16.0 Å². The normalized spacial score (nSPS) is 26.2. The number of carbonyl (C=O) groups is 3. The highest BCUT2D eigenvalue weighted by molar-refractivity contribution is 8.19. The zero-order valence-electron chi connectivity index (χ0n) is 20.8. The number of nitro benzene ring substituents is 1. The zero-order valence-corrected chi connectivity index (χ0v) is 23.4. The van der Waals surface area contributed by atoms with Crippen molar-refractivity contribution in [3.05, 3.63) is 39.9 Å². The highest BCUT2D eigenvalue weighted by atomic mass is 32.2. The van der Waals surface area contributed by atoms with Crippen LogP contribution in [0.4, 0.5) is 5.69 Å². The lowest BCUT2D eigenvalue weighted by Gasteiger charge is -2.44. The van der Waals surface area contributed by atoms with Gasteiger partial charge in [0.25, 0.3) is 5.69 Å². The number of hydrogen-bond donors (Lipinski definition) is 0. The van der Waals surface area contributed by atoms with E-state index in [0.717, 1.165) is 6.29 Å². The fraction of sp³-hybridized carbons (Fsp3) is 0.609. The number of amides is 1. The Hall–Kier alpha value is -1.89. The SMILES string of the molecule is CSC1(C=O)S[C@@H]2[C@@H](CCO[Si](C)(C)C(C)(C)C)C(=O)N2C1C(=O)OCc1ccc([N+](=O)[O-])cc1. The average molecular weight is 541 g/mol. The van der Waals surface area contributed by atoms with E-state index in [0.29, 0.717) is 18.6 Å². The fourth-order valence-electron chi connectivity index (χ4n) is 3.86. The molecular weight excluding hydrogens is 508 g/mol. The lowest BCUT2D eigenvalue weighted by molar-refractivity contribution is -0.384. The van der Waals surface area contributed by atoms with E-state index in [9.17, 15) is 24.5 Å². The minimum Gasteiger partial charge on any atom is -0.459 e. The van der Waals surface area contributed by atoms with Crippen LogP contribution in [-0.2, 0) is 30.2 Å². The number of rotatable bonds is 10. The topological polar surface area (TPSA) is 116 Å². The molecule has 2 aliphatic heterocycles. The lowest BCUT2D eigenvalue weighted by Crippen LogP contribution is -2.63. The third kappa shape index (κ3) is 5.30. The molecule has 2 aliphatic rings. The van der Waals surface area contributed by atoms with E-state index in [1.54, 1.807) is 6.26 Å². The van der Waals surface area contributed by atoms with Gasteiger partial charge in [-0.25, -0.2) is 4.79 Å². The molecule has 2 heterocycles. The molecule has 1 amide bonds. The van der Waals surface area contributed by atoms with Gasteiger partial charge < -0.3 is 18.9 Å². The van der Waals surface area contributed by atoms with Crippen LogP contribution in [0.3, 0.4) is 0 Å². The van der Waals surface area contributed by atoms with Crippen LogP contribution in [0.15, 0.2) is 24.3 Å². The van der Waals surface area contributed by atoms with Gasteiger partial charge in [0.1, 0.15) is 17.0 Å². The molecule has 12 heteroatoms. The number of non-ortho nitro benzene ring substituents is 1. The van der Waals surface area contributed by atoms with Gasteiger partial charge in [-0.15, -0.1) is 23.5 Å². The molecule has 192 valence electrons. The number of hydrogen-bond acceptors (Lipinski definition) is 9. The van der Waals surface area contributed by atoms with E-state index in [2.05, 4.69) is 33.9 Å². The summed E-state index contributed by atoms with van der Waals surface area (Å²) in [7, 11) is -1.95. The van der Waals surface area contributed by atoms with Gasteiger partial charge in [0.2, 0.25) is 5.91 Å². The molecule has 0 aliphatic carbocycles. The van der Waals surface area contributed by atoms with Crippen molar-refractivity contribution < 1.29 is 28.5 Å². The summed E-state index contributed by atoms with van der Waals surface area (Å²) in [6, 6.07) is 4.64. The summed E-state index contributed by atoms with van der Waals surface area (Å²) in [5.74, 6) is -1.15. The van der Waals surface area contributed by atoms with E-state index in [1.807, 2.05) is 0 Å². The summed E-state index contributed by atoms with van der Waals surface area (Å²) in [4.78, 5) is 50.1. The molecule has 0 bridgehead atoms. The fourth-order valence-corrected chi connectivity index (χ4v) is 7.66. The number of fused-ring (bicyclic) bond motifs is 1. The number of benzene rings is 1. The van der Waals surface area contributed by atoms with Gasteiger partial charge in [-0.3, -0.25) is 14.9 Å². The third-order valence-corrected chi connectivity index (χ3v) is 14.9. The second kappa shape index (κ2) is 10.2. The van der Waals surface area contributed by atoms with Crippen LogP contribution in [0.25, 0.3) is 0 Å². The van der Waals surface area contributed by atoms with E-state index >= 15 is 0 Å². The van der Waals surface area contributed by atoms with Crippen molar-refractivity contribution in [3.63, 3.8) is 0 Å². The summed E-state index contributed by atoms with van der Waals surface area (Å²) in [6.07, 6.45) is 3.01. The first-order chi connectivity index (χ1) is 16.3. The Morgan fingerprint density at radius 2 is 1.94 bits per heavy atom. The summed E-state index contributed by atoms with van der Waals surface area (Å²) in [5.41, 5.74) is 0.509. The van der Waals surface area contributed by atoms with Crippen LogP contribution in [0.5, 0.6) is 0 Å². The van der Waals surface area contributed by atoms with Gasteiger partial charge in [-0.2, -0.15) is 0 Å². The van der Waals surface area contributed by atoms with Crippen molar-refractivity contribution >= 4 is 55.7 Å². The van der Waals surface area contributed by atoms with Crippen LogP contribution < -0.4 is 0 Å². The Kier molecular flexibility index (Phi) is 8.09. The smallest absolute Gasteiger partial charge is 0.332 e. The Morgan fingerprint density at radius 1 is 1.31 bits per heavy atom. The molecule has 0 N–H and O–H groups in total. The molecule has 2 unspecified atom stereocenters. The predicted molar refractivity (Wildman–Crippen MR) is 138 cm³/mol. The second-order valence-electron chi connectivity index (χ2n) is 10.2. The van der Waals surface area contributed by atoms with Crippen LogP contribution in [0.1, 0.15) is 32.8 Å². The van der Waals surface area contributed by atoms with E-state index in [-0.39, 0.29) is 34.5 Å². The van der Waals surface area contributed by atoms with E-state index in [4.69, 9.17) is 9.16 Å². The van der Waals surface area contributed by atoms with Gasteiger partial charge in [-0.05, 0) is 48.5 Å². The zero-order chi connectivity index (χ0) is 26.2. The molecule has 2 fully saturated rings. The molecule has 0 saturated carbocycles. The largest absolute Gasteiger partial charge is 0.459 e. The van der Waals surface area contributed by atoms with Crippen molar-refractivity contribution in [2.45, 2.75) is 67.4 Å². The molecule has 9 nitrogen and oxygen atoms in total. The van der Waals surface area contributed by atoms with Crippen molar-refractivity contribution in [3.8, 4) is 0 Å². The molecule has 2 saturated heterocycles. The van der Waals surface area contributed by atoms with Gasteiger partial charge >= 0.3 is 5.97 Å². The first-order valence-electron chi connectivity index (χ1n) is 11.3. The standard InChI is InChI=1S/C23H32N2O7S2Si/c1-22(2,3)35(5,6)32-12-11-17-19(27)24-18(23(14-26,33-4)34-20(17)24)21(28)31-13-15-7-9-16(10-8-15)25(29)30/h7-10,14,17-18,20H,11-13H2,1-6H3/t17-,18?,20+,23?/m0/s1. The summed E-state index contributed by atoms with van der Waals surface area (Å²) >= 11 is 2.55. The molecule has 35 heavy (non-hydrogen) atoms. The molecular formula is C23H32N2O7S2Si. The van der Waals surface area contributed by atoms with Crippen LogP contribution in [0.2, 0.25) is 18.1 Å². The number of esters is 1. The number of aldehydes is 1. The van der Waals surface area contributed by atoms with Crippen molar-refractivity contribution in [1.29, 1.82) is 0 Å². The van der Waals surface area contributed by atoms with Gasteiger partial charge in [0, 0.05) is 18.7 Å². The molecule has 0 spiro atoms. The lowest BCUT2D eigenvalue weighted by atomic mass is 9.92. The summed E-state index contributed by atoms with van der Waals surface area (Å²) in [5, 5.41) is 10.6. The van der Waals surface area contributed by atoms with Crippen molar-refractivity contribution in [1.82, 2.24) is 4.90 Å². The number of nitro groups is 1. The number of thioether (sulfide) groups is 2. The molecule has 0 radical (unpaired) electrons. The molecule has 4 atom stereocenters. The second-order valence-corrected chi connectivity index (χ2v) is 17.8. The predicted octanol–water partition coefficient (Wildman–Crippen LogP) is 4.21. The minimum absolute atomic E-state index is 0.0628. The van der Waals surface area contributed by atoms with Gasteiger partial charge in [0.05, 0.1) is 16.2 Å². The van der Waals surface area contributed by atoms with Gasteiger partial charge in [0.15, 0.2) is 14.4 Å². The molecule has 1 aromatic carbocycles. The molecule has 3 rings (SSSR count). The Morgan fingerprint density at radius 3 is 2.46 bits per heavy atom. The van der Waals surface area contributed by atoms with Crippen LogP contribution in [-0.4, -0.2) is 64.7 Å². The maximum atomic E-state index is 13.1. The first-order valence-corrected chi connectivity index (χ1v) is 16.3. The number of ether oxygens (including phenoxy) is 1. The summed E-state index contributed by atoms with van der Waals surface area (Å²) < 4.78 is 10.5. The average Bonchev–Trinajstić information content (AvgIpc) is 3.11. The third-order valence-electron chi connectivity index (χ3n) is 7.09. The maximum absolute atomic E-state index is 13.1. The highest BCUT2D eigenvalue weighted by Crippen LogP contribution is 2.57. The van der Waals surface area contributed by atoms with Crippen molar-refractivity contribution in [2.24, 2.45) is 5.92 Å². The highest BCUT2D eigenvalue weighted by Gasteiger charge is 2.67. The minimum atomic E-state index is -1.95. The maximum Gasteiger partial charge on any atom is 0.332 e. The van der Waals surface area contributed by atoms with Crippen LogP contribution >= 0.6 is 23.5 Å². The first kappa shape index (κ1) is 27.7. The molecule has 0 aromatic heterocycles. The number of β-lactam (4-membered cyclic amide) rings is 1. The quantitative estimate of drug-likeness (QED) is 0.107. The Balaban J connectivity index is 1.67.